The fourth-order valence-corrected chi connectivity index (χ4v) is 4.61. The molecule has 7 heteroatoms. The van der Waals surface area contributed by atoms with E-state index in [1.54, 1.807) is 0 Å². The van der Waals surface area contributed by atoms with Crippen molar-refractivity contribution in [2.75, 3.05) is 53.0 Å². The Labute approximate surface area is 169 Å². The van der Waals surface area contributed by atoms with E-state index in [0.717, 1.165) is 58.4 Å². The maximum atomic E-state index is 6.00. The first kappa shape index (κ1) is 21.2. The van der Waals surface area contributed by atoms with Gasteiger partial charge < -0.3 is 20.1 Å². The third-order valence-electron chi connectivity index (χ3n) is 6.05. The minimum absolute atomic E-state index is 0. The zero-order valence-electron chi connectivity index (χ0n) is 15.8. The van der Waals surface area contributed by atoms with Gasteiger partial charge in [0.15, 0.2) is 5.96 Å². The number of ether oxygens (including phenoxy) is 2. The van der Waals surface area contributed by atoms with Crippen molar-refractivity contribution < 1.29 is 9.47 Å². The smallest absolute Gasteiger partial charge is 0.191 e. The number of nitrogens with zero attached hydrogens (tertiary/aromatic N) is 2. The standard InChI is InChI=1S/C18H34N4O2.HI/c1-3-24-16-14-15(18(16)6-4-5-7-18)21-17(19-2)20-8-9-22-10-12-23-13-11-22;/h15-16H,3-14H2,1-2H3,(H2,19,20,21);1H. The van der Waals surface area contributed by atoms with Crippen LogP contribution in [0.2, 0.25) is 0 Å². The Kier molecular flexibility index (Phi) is 8.71. The lowest BCUT2D eigenvalue weighted by molar-refractivity contribution is -0.125. The summed E-state index contributed by atoms with van der Waals surface area (Å²) in [7, 11) is 1.87. The highest BCUT2D eigenvalue weighted by molar-refractivity contribution is 14.0. The first-order chi connectivity index (χ1) is 11.8. The summed E-state index contributed by atoms with van der Waals surface area (Å²) in [4.78, 5) is 6.87. The largest absolute Gasteiger partial charge is 0.379 e. The molecule has 3 aliphatic rings. The summed E-state index contributed by atoms with van der Waals surface area (Å²) in [6.45, 7) is 8.69. The number of hydrogen-bond acceptors (Lipinski definition) is 4. The Bertz CT molecular complexity index is 423. The lowest BCUT2D eigenvalue weighted by atomic mass is 9.60. The predicted molar refractivity (Wildman–Crippen MR) is 112 cm³/mol. The molecule has 146 valence electrons. The van der Waals surface area contributed by atoms with Gasteiger partial charge in [0, 0.05) is 51.3 Å². The van der Waals surface area contributed by atoms with E-state index in [0.29, 0.717) is 17.6 Å². The summed E-state index contributed by atoms with van der Waals surface area (Å²) < 4.78 is 11.4. The van der Waals surface area contributed by atoms with Gasteiger partial charge in [0.25, 0.3) is 0 Å². The fraction of sp³-hybridized carbons (Fsp3) is 0.944. The third kappa shape index (κ3) is 4.99. The molecule has 0 radical (unpaired) electrons. The molecule has 1 saturated heterocycles. The van der Waals surface area contributed by atoms with Crippen molar-refractivity contribution in [3.63, 3.8) is 0 Å². The van der Waals surface area contributed by atoms with Crippen molar-refractivity contribution in [3.05, 3.63) is 0 Å². The first-order valence-corrected chi connectivity index (χ1v) is 9.67. The molecular formula is C18H35IN4O2. The summed E-state index contributed by atoms with van der Waals surface area (Å²) in [5, 5.41) is 7.16. The summed E-state index contributed by atoms with van der Waals surface area (Å²) in [5.41, 5.74) is 0.345. The van der Waals surface area contributed by atoms with Crippen molar-refractivity contribution in [1.29, 1.82) is 0 Å². The summed E-state index contributed by atoms with van der Waals surface area (Å²) >= 11 is 0. The maximum Gasteiger partial charge on any atom is 0.191 e. The molecule has 2 aliphatic carbocycles. The Hall–Kier alpha value is -0.120. The van der Waals surface area contributed by atoms with E-state index in [9.17, 15) is 0 Å². The molecule has 1 aliphatic heterocycles. The Morgan fingerprint density at radius 1 is 1.28 bits per heavy atom. The molecule has 6 nitrogen and oxygen atoms in total. The van der Waals surface area contributed by atoms with Crippen molar-refractivity contribution in [2.45, 2.75) is 51.2 Å². The van der Waals surface area contributed by atoms with E-state index in [-0.39, 0.29) is 24.0 Å². The number of hydrogen-bond donors (Lipinski definition) is 2. The number of guanidine groups is 1. The second-order valence-electron chi connectivity index (χ2n) is 7.27. The molecular weight excluding hydrogens is 431 g/mol. The molecule has 2 unspecified atom stereocenters. The van der Waals surface area contributed by atoms with Crippen molar-refractivity contribution >= 4 is 29.9 Å². The number of nitrogens with one attached hydrogen (secondary N) is 2. The van der Waals surface area contributed by atoms with Gasteiger partial charge in [-0.05, 0) is 26.2 Å². The average molecular weight is 466 g/mol. The van der Waals surface area contributed by atoms with Gasteiger partial charge >= 0.3 is 0 Å². The molecule has 1 heterocycles. The normalized spacial score (nSPS) is 29.1. The topological polar surface area (TPSA) is 58.1 Å². The quantitative estimate of drug-likeness (QED) is 0.356. The second-order valence-corrected chi connectivity index (χ2v) is 7.27. The van der Waals surface area contributed by atoms with Gasteiger partial charge in [-0.3, -0.25) is 9.89 Å². The van der Waals surface area contributed by atoms with E-state index >= 15 is 0 Å². The summed E-state index contributed by atoms with van der Waals surface area (Å²) in [5.74, 6) is 0.939. The van der Waals surface area contributed by atoms with Gasteiger partial charge in [-0.1, -0.05) is 12.8 Å². The summed E-state index contributed by atoms with van der Waals surface area (Å²) in [6.07, 6.45) is 6.81. The lowest BCUT2D eigenvalue weighted by Crippen LogP contribution is -2.65. The molecule has 1 spiro atoms. The van der Waals surface area contributed by atoms with Crippen molar-refractivity contribution in [1.82, 2.24) is 15.5 Å². The minimum atomic E-state index is 0. The second kappa shape index (κ2) is 10.3. The van der Waals surface area contributed by atoms with Crippen LogP contribution in [0.3, 0.4) is 0 Å². The average Bonchev–Trinajstić information content (AvgIpc) is 3.13. The van der Waals surface area contributed by atoms with Crippen LogP contribution >= 0.6 is 24.0 Å². The van der Waals surface area contributed by atoms with Crippen LogP contribution in [0.5, 0.6) is 0 Å². The zero-order valence-corrected chi connectivity index (χ0v) is 18.1. The number of rotatable bonds is 6. The SMILES string of the molecule is CCOC1CC(NC(=NC)NCCN2CCOCC2)C12CCCC2.I. The Balaban J connectivity index is 0.00000225. The molecule has 0 aromatic heterocycles. The van der Waals surface area contributed by atoms with Gasteiger partial charge in [-0.2, -0.15) is 0 Å². The highest BCUT2D eigenvalue weighted by Crippen LogP contribution is 2.54. The van der Waals surface area contributed by atoms with Gasteiger partial charge in [0.05, 0.1) is 19.3 Å². The predicted octanol–water partition coefficient (Wildman–Crippen LogP) is 1.84. The van der Waals surface area contributed by atoms with Crippen LogP contribution in [-0.4, -0.2) is 76.1 Å². The number of halogens is 1. The third-order valence-corrected chi connectivity index (χ3v) is 6.05. The first-order valence-electron chi connectivity index (χ1n) is 9.67. The highest BCUT2D eigenvalue weighted by atomic mass is 127. The lowest BCUT2D eigenvalue weighted by Gasteiger charge is -2.54. The molecule has 3 rings (SSSR count). The van der Waals surface area contributed by atoms with Crippen LogP contribution in [0.1, 0.15) is 39.0 Å². The van der Waals surface area contributed by atoms with Gasteiger partial charge in [0.2, 0.25) is 0 Å². The highest BCUT2D eigenvalue weighted by Gasteiger charge is 2.56. The molecule has 3 fully saturated rings. The Morgan fingerprint density at radius 2 is 2.00 bits per heavy atom. The van der Waals surface area contributed by atoms with Crippen LogP contribution in [0.25, 0.3) is 0 Å². The fourth-order valence-electron chi connectivity index (χ4n) is 4.61. The molecule has 25 heavy (non-hydrogen) atoms. The molecule has 0 aromatic rings. The molecule has 2 atom stereocenters. The number of aliphatic imine (C=N–C) groups is 1. The summed E-state index contributed by atoms with van der Waals surface area (Å²) in [6, 6.07) is 0.506. The monoisotopic (exact) mass is 466 g/mol. The molecule has 0 aromatic carbocycles. The molecule has 2 N–H and O–H groups in total. The van der Waals surface area contributed by atoms with Crippen LogP contribution in [-0.2, 0) is 9.47 Å². The van der Waals surface area contributed by atoms with Crippen LogP contribution < -0.4 is 10.6 Å². The maximum absolute atomic E-state index is 6.00. The van der Waals surface area contributed by atoms with E-state index in [2.05, 4.69) is 27.4 Å². The van der Waals surface area contributed by atoms with E-state index in [1.165, 1.54) is 25.7 Å². The molecule has 0 bridgehead atoms. The van der Waals surface area contributed by atoms with Gasteiger partial charge in [-0.25, -0.2) is 0 Å². The van der Waals surface area contributed by atoms with Crippen LogP contribution in [0.15, 0.2) is 4.99 Å². The molecule has 0 amide bonds. The van der Waals surface area contributed by atoms with Crippen LogP contribution in [0, 0.1) is 5.41 Å². The molecule has 2 saturated carbocycles. The van der Waals surface area contributed by atoms with Gasteiger partial charge in [-0.15, -0.1) is 24.0 Å². The van der Waals surface area contributed by atoms with Gasteiger partial charge in [0.1, 0.15) is 0 Å². The van der Waals surface area contributed by atoms with Crippen molar-refractivity contribution in [3.8, 4) is 0 Å². The number of morpholine rings is 1. The van der Waals surface area contributed by atoms with E-state index in [4.69, 9.17) is 9.47 Å². The minimum Gasteiger partial charge on any atom is -0.379 e. The van der Waals surface area contributed by atoms with E-state index < -0.39 is 0 Å². The van der Waals surface area contributed by atoms with Crippen LogP contribution in [0.4, 0.5) is 0 Å². The van der Waals surface area contributed by atoms with Crippen molar-refractivity contribution in [2.24, 2.45) is 10.4 Å². The van der Waals surface area contributed by atoms with E-state index in [1.807, 2.05) is 7.05 Å². The Morgan fingerprint density at radius 3 is 2.64 bits per heavy atom. The zero-order chi connectivity index (χ0) is 16.8.